The van der Waals surface area contributed by atoms with Crippen LogP contribution in [0.2, 0.25) is 0 Å². The van der Waals surface area contributed by atoms with E-state index in [-0.39, 0.29) is 30.6 Å². The van der Waals surface area contributed by atoms with Crippen molar-refractivity contribution in [3.05, 3.63) is 94.3 Å². The van der Waals surface area contributed by atoms with Crippen molar-refractivity contribution in [2.75, 3.05) is 25.0 Å². The van der Waals surface area contributed by atoms with Gasteiger partial charge in [0.2, 0.25) is 5.91 Å². The topological polar surface area (TPSA) is 107 Å². The van der Waals surface area contributed by atoms with Gasteiger partial charge in [0.15, 0.2) is 0 Å². The number of aryl methyl sites for hydroxylation is 1. The second-order valence-electron chi connectivity index (χ2n) is 11.1. The van der Waals surface area contributed by atoms with Crippen molar-refractivity contribution < 1.29 is 14.3 Å². The first-order valence-electron chi connectivity index (χ1n) is 14.5. The zero-order chi connectivity index (χ0) is 28.8. The summed E-state index contributed by atoms with van der Waals surface area (Å²) in [6.07, 6.45) is 9.07. The number of carbonyl (C=O) groups is 2. The number of ether oxygens (including phenoxy) is 1. The molecule has 8 heteroatoms. The van der Waals surface area contributed by atoms with Crippen molar-refractivity contribution >= 4 is 23.2 Å². The first-order valence-corrected chi connectivity index (χ1v) is 14.5. The maximum Gasteiger partial charge on any atom is 0.253 e. The van der Waals surface area contributed by atoms with E-state index in [0.29, 0.717) is 17.7 Å². The van der Waals surface area contributed by atoms with Gasteiger partial charge in [-0.25, -0.2) is 0 Å². The third-order valence-electron chi connectivity index (χ3n) is 7.91. The van der Waals surface area contributed by atoms with Crippen molar-refractivity contribution in [2.24, 2.45) is 0 Å². The van der Waals surface area contributed by atoms with E-state index in [1.165, 1.54) is 0 Å². The Kier molecular flexibility index (Phi) is 9.09. The van der Waals surface area contributed by atoms with E-state index in [0.717, 1.165) is 78.8 Å². The van der Waals surface area contributed by atoms with Crippen LogP contribution < -0.4 is 10.6 Å². The Morgan fingerprint density at radius 2 is 1.85 bits per heavy atom. The number of nitrogens with one attached hydrogen (secondary N) is 3. The van der Waals surface area contributed by atoms with E-state index in [1.54, 1.807) is 19.3 Å². The largest absolute Gasteiger partial charge is 0.360 e. The summed E-state index contributed by atoms with van der Waals surface area (Å²) in [5.74, 6) is -0.138. The highest BCUT2D eigenvalue weighted by molar-refractivity contribution is 6.07. The summed E-state index contributed by atoms with van der Waals surface area (Å²) in [4.78, 5) is 31.2. The van der Waals surface area contributed by atoms with Crippen LogP contribution in [0.25, 0.3) is 0 Å². The molecule has 214 valence electrons. The molecule has 0 aliphatic carbocycles. The van der Waals surface area contributed by atoms with Gasteiger partial charge in [0, 0.05) is 43.7 Å². The molecule has 2 fully saturated rings. The second-order valence-corrected chi connectivity index (χ2v) is 11.1. The Morgan fingerprint density at radius 1 is 1.02 bits per heavy atom. The van der Waals surface area contributed by atoms with E-state index >= 15 is 0 Å². The summed E-state index contributed by atoms with van der Waals surface area (Å²) in [5, 5.41) is 15.0. The maximum absolute atomic E-state index is 13.0. The second kappa shape index (κ2) is 13.1. The summed E-state index contributed by atoms with van der Waals surface area (Å²) in [5.41, 5.74) is 6.66. The molecule has 0 bridgehead atoms. The van der Waals surface area contributed by atoms with E-state index in [2.05, 4.69) is 39.9 Å². The van der Waals surface area contributed by atoms with Crippen LogP contribution in [0.3, 0.4) is 0 Å². The Labute approximate surface area is 242 Å². The number of nitrogens with zero attached hydrogens (tertiary/aromatic N) is 2. The summed E-state index contributed by atoms with van der Waals surface area (Å²) in [6.45, 7) is 5.30. The van der Waals surface area contributed by atoms with Gasteiger partial charge in [-0.2, -0.15) is 0 Å². The SMILES string of the molecule is CC(=O)N1CCCC1c1ccc(Cc2cncc(C(=O)NCC(=N)c3cc(C)ccc3NC3CCCCO3)c2)cc1. The predicted octanol–water partition coefficient (Wildman–Crippen LogP) is 5.40. The minimum Gasteiger partial charge on any atom is -0.360 e. The van der Waals surface area contributed by atoms with Gasteiger partial charge in [0.25, 0.3) is 5.91 Å². The van der Waals surface area contributed by atoms with Crippen LogP contribution in [0.4, 0.5) is 5.69 Å². The number of rotatable bonds is 9. The van der Waals surface area contributed by atoms with Crippen molar-refractivity contribution in [3.8, 4) is 0 Å². The van der Waals surface area contributed by atoms with Crippen LogP contribution in [0.15, 0.2) is 60.9 Å². The molecule has 1 aromatic heterocycles. The fraction of sp³-hybridized carbons (Fsp3) is 0.394. The third-order valence-corrected chi connectivity index (χ3v) is 7.91. The number of pyridine rings is 1. The smallest absolute Gasteiger partial charge is 0.253 e. The summed E-state index contributed by atoms with van der Waals surface area (Å²) in [7, 11) is 0. The van der Waals surface area contributed by atoms with Crippen LogP contribution in [0.5, 0.6) is 0 Å². The van der Waals surface area contributed by atoms with Gasteiger partial charge in [0.05, 0.1) is 23.9 Å². The zero-order valence-corrected chi connectivity index (χ0v) is 23.9. The Bertz CT molecular complexity index is 1400. The summed E-state index contributed by atoms with van der Waals surface area (Å²) in [6, 6.07) is 16.4. The normalized spacial score (nSPS) is 18.6. The third kappa shape index (κ3) is 7.19. The van der Waals surface area contributed by atoms with Crippen LogP contribution in [-0.2, 0) is 16.0 Å². The molecule has 2 aromatic carbocycles. The molecule has 8 nitrogen and oxygen atoms in total. The number of hydrogen-bond acceptors (Lipinski definition) is 6. The highest BCUT2D eigenvalue weighted by Crippen LogP contribution is 2.32. The molecule has 5 rings (SSSR count). The molecule has 0 spiro atoms. The van der Waals surface area contributed by atoms with E-state index < -0.39 is 0 Å². The quantitative estimate of drug-likeness (QED) is 0.308. The van der Waals surface area contributed by atoms with Gasteiger partial charge in [-0.1, -0.05) is 35.9 Å². The average molecular weight is 554 g/mol. The van der Waals surface area contributed by atoms with Gasteiger partial charge in [-0.15, -0.1) is 0 Å². The monoisotopic (exact) mass is 553 g/mol. The van der Waals surface area contributed by atoms with E-state index in [9.17, 15) is 9.59 Å². The number of hydrogen-bond donors (Lipinski definition) is 3. The summed E-state index contributed by atoms with van der Waals surface area (Å²) < 4.78 is 5.83. The zero-order valence-electron chi connectivity index (χ0n) is 23.9. The van der Waals surface area contributed by atoms with Gasteiger partial charge in [0.1, 0.15) is 6.23 Å². The Balaban J connectivity index is 1.19. The highest BCUT2D eigenvalue weighted by atomic mass is 16.5. The van der Waals surface area contributed by atoms with Gasteiger partial charge >= 0.3 is 0 Å². The fourth-order valence-electron chi connectivity index (χ4n) is 5.72. The number of benzene rings is 2. The van der Waals surface area contributed by atoms with Crippen molar-refractivity contribution in [3.63, 3.8) is 0 Å². The maximum atomic E-state index is 13.0. The van der Waals surface area contributed by atoms with E-state index in [1.807, 2.05) is 36.1 Å². The van der Waals surface area contributed by atoms with Gasteiger partial charge in [-0.3, -0.25) is 14.6 Å². The van der Waals surface area contributed by atoms with Crippen LogP contribution in [0, 0.1) is 12.3 Å². The lowest BCUT2D eigenvalue weighted by Gasteiger charge is -2.26. The summed E-state index contributed by atoms with van der Waals surface area (Å²) >= 11 is 0. The fourth-order valence-corrected chi connectivity index (χ4v) is 5.72. The van der Waals surface area contributed by atoms with Crippen molar-refractivity contribution in [1.29, 1.82) is 5.41 Å². The molecule has 2 aliphatic heterocycles. The van der Waals surface area contributed by atoms with Crippen molar-refractivity contribution in [1.82, 2.24) is 15.2 Å². The predicted molar refractivity (Wildman–Crippen MR) is 160 cm³/mol. The lowest BCUT2D eigenvalue weighted by atomic mass is 9.99. The average Bonchev–Trinajstić information content (AvgIpc) is 3.48. The first-order chi connectivity index (χ1) is 19.9. The molecule has 3 aromatic rings. The minimum atomic E-state index is -0.261. The minimum absolute atomic E-state index is 0.0597. The standard InChI is InChI=1S/C33H39N5O3/c1-22-8-13-30(37-32-7-3-4-15-41-32)28(16-22)29(34)21-36-33(40)27-18-25(19-35-20-27)17-24-9-11-26(12-10-24)31-6-5-14-38(31)23(2)39/h8-13,16,18-20,31-32,34,37H,3-7,14-15,17,21H2,1-2H3,(H,36,40). The molecule has 2 aliphatic rings. The molecule has 41 heavy (non-hydrogen) atoms. The molecule has 0 saturated carbocycles. The number of amides is 2. The van der Waals surface area contributed by atoms with Gasteiger partial charge < -0.3 is 25.7 Å². The van der Waals surface area contributed by atoms with E-state index in [4.69, 9.17) is 10.1 Å². The number of likely N-dealkylation sites (tertiary alicyclic amines) is 1. The van der Waals surface area contributed by atoms with Crippen LogP contribution in [0.1, 0.15) is 83.2 Å². The molecule has 2 atom stereocenters. The Morgan fingerprint density at radius 3 is 2.61 bits per heavy atom. The highest BCUT2D eigenvalue weighted by Gasteiger charge is 2.27. The van der Waals surface area contributed by atoms with Crippen molar-refractivity contribution in [2.45, 2.75) is 64.6 Å². The number of aromatic nitrogens is 1. The van der Waals surface area contributed by atoms with Gasteiger partial charge in [-0.05, 0) is 80.3 Å². The molecule has 3 N–H and O–H groups in total. The molecular formula is C33H39N5O3. The Hall–Kier alpha value is -4.04. The molecule has 2 saturated heterocycles. The lowest BCUT2D eigenvalue weighted by molar-refractivity contribution is -0.129. The molecule has 2 unspecified atom stereocenters. The molecule has 0 radical (unpaired) electrons. The number of anilines is 1. The first kappa shape index (κ1) is 28.5. The number of carbonyl (C=O) groups excluding carboxylic acids is 2. The van der Waals surface area contributed by atoms with Crippen LogP contribution in [-0.4, -0.2) is 53.3 Å². The van der Waals surface area contributed by atoms with Crippen LogP contribution >= 0.6 is 0 Å². The molecule has 3 heterocycles. The molecule has 2 amide bonds. The lowest BCUT2D eigenvalue weighted by Crippen LogP contribution is -2.31. The molecular weight excluding hydrogens is 514 g/mol.